The lowest BCUT2D eigenvalue weighted by Gasteiger charge is -2.63. The number of carbonyl (C=O) groups excluding carboxylic acids is 5. The third kappa shape index (κ3) is 12.4. The standard InChI is InChI=1S/C52H75F2N3O13S2/c1-6-11-45-69-43-28-37-38-27-40(53)39-26-33(58)14-15-49(39,4)51(38,54)41(59)29-50(37,5)52(43,70-45)42(60)32-68-47(63)57-18-25-71-72-48(2,3)30-44(61)55-16-19-64-21-23-66-24-22-65-20-17-56-46(62)67-31-36-34-12-9-7-8-10-13-35(34)36/h14-15,26,34-38,40-41,43,45,59H,6,9-13,16-25,27-32H2,1-5H3,(H,55,61)(H,56,62)(H,57,63)/t34-,35+,36?,37-,38-,40-,41-,43+,45?,49-,50-,51-,52+/m0/s1. The van der Waals surface area contributed by atoms with Crippen molar-refractivity contribution in [2.45, 2.75) is 140 Å². The molecule has 0 aromatic heterocycles. The minimum absolute atomic E-state index is 0.0154. The number of hydrogen-bond donors (Lipinski definition) is 4. The zero-order valence-electron chi connectivity index (χ0n) is 42.4. The Balaban J connectivity index is 0.727. The first kappa shape index (κ1) is 56.4. The van der Waals surface area contributed by atoms with Crippen LogP contribution in [0, 0.1) is 52.3 Å². The number of nitrogens with one attached hydrogen (secondary N) is 3. The van der Waals surface area contributed by atoms with Crippen LogP contribution < -0.4 is 16.0 Å². The lowest BCUT2D eigenvalue weighted by molar-refractivity contribution is -0.234. The fourth-order valence-electron chi connectivity index (χ4n) is 12.6. The van der Waals surface area contributed by atoms with E-state index in [-0.39, 0.29) is 43.7 Å². The molecule has 5 fully saturated rings. The second-order valence-electron chi connectivity index (χ2n) is 21.2. The van der Waals surface area contributed by atoms with E-state index in [0.717, 1.165) is 31.8 Å². The van der Waals surface area contributed by atoms with Crippen LogP contribution in [0.1, 0.15) is 98.8 Å². The number of rotatable bonds is 26. The Hall–Kier alpha value is -3.29. The highest BCUT2D eigenvalue weighted by Crippen LogP contribution is 2.72. The van der Waals surface area contributed by atoms with Crippen molar-refractivity contribution in [3.05, 3.63) is 23.8 Å². The Bertz CT molecular complexity index is 2070. The van der Waals surface area contributed by atoms with Crippen LogP contribution in [0.3, 0.4) is 0 Å². The summed E-state index contributed by atoms with van der Waals surface area (Å²) in [5.74, 6) is 5.79. The van der Waals surface area contributed by atoms with Gasteiger partial charge in [0.25, 0.3) is 0 Å². The van der Waals surface area contributed by atoms with Gasteiger partial charge in [0.2, 0.25) is 11.7 Å². The van der Waals surface area contributed by atoms with Crippen LogP contribution in [0.25, 0.3) is 0 Å². The third-order valence-electron chi connectivity index (χ3n) is 16.1. The van der Waals surface area contributed by atoms with Crippen molar-refractivity contribution < 1.29 is 71.0 Å². The zero-order valence-corrected chi connectivity index (χ0v) is 44.0. The number of fused-ring (bicyclic) bond motifs is 8. The molecule has 3 amide bonds. The maximum absolute atomic E-state index is 17.8. The molecule has 20 heteroatoms. The van der Waals surface area contributed by atoms with Crippen molar-refractivity contribution in [2.24, 2.45) is 40.4 Å². The predicted octanol–water partition coefficient (Wildman–Crippen LogP) is 6.37. The van der Waals surface area contributed by atoms with Gasteiger partial charge in [-0.05, 0) is 101 Å². The molecule has 0 spiro atoms. The third-order valence-corrected chi connectivity index (χ3v) is 19.4. The van der Waals surface area contributed by atoms with E-state index < -0.39 is 93.7 Å². The van der Waals surface area contributed by atoms with Crippen molar-refractivity contribution in [3.8, 4) is 11.8 Å². The molecular weight excluding hydrogens is 977 g/mol. The van der Waals surface area contributed by atoms with Gasteiger partial charge in [-0.15, -0.1) is 11.8 Å². The lowest BCUT2D eigenvalue weighted by Crippen LogP contribution is -2.71. The van der Waals surface area contributed by atoms with Crippen LogP contribution in [0.15, 0.2) is 23.8 Å². The van der Waals surface area contributed by atoms with Crippen LogP contribution in [-0.2, 0) is 47.5 Å². The molecule has 2 unspecified atom stereocenters. The summed E-state index contributed by atoms with van der Waals surface area (Å²) in [6.45, 7) is 12.0. The van der Waals surface area contributed by atoms with Gasteiger partial charge in [0, 0.05) is 66.1 Å². The predicted molar refractivity (Wildman–Crippen MR) is 266 cm³/mol. The van der Waals surface area contributed by atoms with Gasteiger partial charge in [-0.2, -0.15) is 0 Å². The van der Waals surface area contributed by atoms with Crippen LogP contribution in [0.5, 0.6) is 0 Å². The monoisotopic (exact) mass is 1050 g/mol. The number of ether oxygens (including phenoxy) is 7. The molecule has 72 heavy (non-hydrogen) atoms. The molecule has 0 radical (unpaired) electrons. The van der Waals surface area contributed by atoms with E-state index in [0.29, 0.717) is 95.7 Å². The molecule has 4 saturated carbocycles. The molecule has 1 saturated heterocycles. The number of ketones is 2. The van der Waals surface area contributed by atoms with Crippen LogP contribution in [-0.4, -0.2) is 154 Å². The normalized spacial score (nSPS) is 35.1. The molecule has 16 nitrogen and oxygen atoms in total. The average Bonchev–Trinajstić information content (AvgIpc) is 3.70. The maximum atomic E-state index is 17.8. The minimum Gasteiger partial charge on any atom is -0.449 e. The van der Waals surface area contributed by atoms with Gasteiger partial charge in [-0.25, -0.2) is 18.4 Å². The molecule has 0 bridgehead atoms. The number of aliphatic hydroxyl groups excluding tert-OH is 1. The maximum Gasteiger partial charge on any atom is 0.407 e. The van der Waals surface area contributed by atoms with Gasteiger partial charge in [0.15, 0.2) is 29.9 Å². The number of carbonyl (C=O) groups is 5. The second-order valence-corrected chi connectivity index (χ2v) is 24.3. The first-order chi connectivity index (χ1) is 34.4. The molecule has 0 aromatic carbocycles. The molecule has 4 N–H and O–H groups in total. The summed E-state index contributed by atoms with van der Waals surface area (Å²) in [6.07, 6.45) is 2.83. The minimum atomic E-state index is -2.33. The number of Topliss-reactive ketones (excluding diaryl/α,β-unsaturated/α-hetero) is 1. The van der Waals surface area contributed by atoms with Gasteiger partial charge in [-0.3, -0.25) is 14.4 Å². The molecule has 6 aliphatic carbocycles. The summed E-state index contributed by atoms with van der Waals surface area (Å²) < 4.78 is 73.7. The molecule has 13 atom stereocenters. The Labute approximate surface area is 430 Å². The first-order valence-electron chi connectivity index (χ1n) is 25.8. The van der Waals surface area contributed by atoms with E-state index in [9.17, 15) is 29.1 Å². The van der Waals surface area contributed by atoms with Crippen molar-refractivity contribution in [2.75, 3.05) is 78.2 Å². The molecule has 1 heterocycles. The Morgan fingerprint density at radius 3 is 2.22 bits per heavy atom. The number of amides is 3. The molecule has 0 aromatic rings. The number of alkyl halides is 2. The van der Waals surface area contributed by atoms with Crippen molar-refractivity contribution in [1.82, 2.24) is 16.0 Å². The van der Waals surface area contributed by atoms with Crippen molar-refractivity contribution in [1.29, 1.82) is 0 Å². The highest BCUT2D eigenvalue weighted by atomic mass is 33.1. The number of allylic oxidation sites excluding steroid dienone is 4. The van der Waals surface area contributed by atoms with Crippen LogP contribution in [0.2, 0.25) is 0 Å². The Morgan fingerprint density at radius 1 is 0.903 bits per heavy atom. The Kier molecular flexibility index (Phi) is 19.3. The van der Waals surface area contributed by atoms with E-state index in [1.54, 1.807) is 6.92 Å². The van der Waals surface area contributed by atoms with E-state index >= 15 is 8.78 Å². The lowest BCUT2D eigenvalue weighted by atomic mass is 9.44. The van der Waals surface area contributed by atoms with Crippen LogP contribution in [0.4, 0.5) is 18.4 Å². The molecule has 7 rings (SSSR count). The van der Waals surface area contributed by atoms with Crippen molar-refractivity contribution in [3.63, 3.8) is 0 Å². The number of aliphatic hydroxyl groups is 1. The number of hydrogen-bond acceptors (Lipinski definition) is 15. The zero-order chi connectivity index (χ0) is 51.7. The topological polar surface area (TPSA) is 206 Å². The van der Waals surface area contributed by atoms with Gasteiger partial charge < -0.3 is 54.2 Å². The summed E-state index contributed by atoms with van der Waals surface area (Å²) in [6, 6.07) is 0. The smallest absolute Gasteiger partial charge is 0.407 e. The van der Waals surface area contributed by atoms with Crippen LogP contribution >= 0.6 is 21.6 Å². The van der Waals surface area contributed by atoms with E-state index in [4.69, 9.17) is 33.2 Å². The first-order valence-corrected chi connectivity index (χ1v) is 28.1. The van der Waals surface area contributed by atoms with E-state index in [1.165, 1.54) is 40.7 Å². The summed E-state index contributed by atoms with van der Waals surface area (Å²) in [5.41, 5.74) is -6.78. The highest BCUT2D eigenvalue weighted by molar-refractivity contribution is 8.77. The second kappa shape index (κ2) is 24.6. The fraction of sp³-hybridized carbons (Fsp3) is 0.788. The molecule has 1 aliphatic heterocycles. The average molecular weight is 1050 g/mol. The largest absolute Gasteiger partial charge is 0.449 e. The molecule has 7 aliphatic rings. The summed E-state index contributed by atoms with van der Waals surface area (Å²) >= 11 is 0. The van der Waals surface area contributed by atoms with Gasteiger partial charge in [0.1, 0.15) is 6.17 Å². The molecular formula is C52H75F2N3O13S2. The molecule has 402 valence electrons. The van der Waals surface area contributed by atoms with Gasteiger partial charge in [0.05, 0.1) is 58.5 Å². The number of alkyl carbamates (subject to hydrolysis) is 2. The summed E-state index contributed by atoms with van der Waals surface area (Å²) in [5, 5.41) is 20.1. The van der Waals surface area contributed by atoms with Gasteiger partial charge >= 0.3 is 12.2 Å². The van der Waals surface area contributed by atoms with E-state index in [1.807, 2.05) is 20.8 Å². The van der Waals surface area contributed by atoms with E-state index in [2.05, 4.69) is 27.8 Å². The van der Waals surface area contributed by atoms with Gasteiger partial charge in [-0.1, -0.05) is 47.9 Å². The fourth-order valence-corrected chi connectivity index (χ4v) is 15.0. The SMILES string of the molecule is CCCC1O[C@@H]2C[C@H]3[C@@H]4C[C@H](F)C5=CC(=O)C=C[C@]5(C)[C@@]4(F)[C@@H](O)C[C@]3(C)[C@]2(C(=O)COC(=O)NCCSSC(C)(C)CC(=O)NCCOCCOCCOCCNC(=O)OCC2[C@H]3CCC#CCC[C@@H]23)O1. The quantitative estimate of drug-likeness (QED) is 0.0422. The number of halogens is 2. The van der Waals surface area contributed by atoms with Crippen molar-refractivity contribution >= 4 is 51.2 Å². The summed E-state index contributed by atoms with van der Waals surface area (Å²) in [4.78, 5) is 64.3. The summed E-state index contributed by atoms with van der Waals surface area (Å²) in [7, 11) is 2.98. The Morgan fingerprint density at radius 2 is 1.54 bits per heavy atom. The highest BCUT2D eigenvalue weighted by Gasteiger charge is 2.80.